The first kappa shape index (κ1) is 20.4. The quantitative estimate of drug-likeness (QED) is 0.384. The van der Waals surface area contributed by atoms with E-state index in [0.717, 1.165) is 32.9 Å². The zero-order valence-corrected chi connectivity index (χ0v) is 18.5. The summed E-state index contributed by atoms with van der Waals surface area (Å²) in [5.41, 5.74) is 4.07. The van der Waals surface area contributed by atoms with Crippen LogP contribution in [-0.2, 0) is 16.0 Å². The first-order valence-corrected chi connectivity index (χ1v) is 11.5. The highest BCUT2D eigenvalue weighted by molar-refractivity contribution is 7.21. The minimum Gasteiger partial charge on any atom is -0.449 e. The Morgan fingerprint density at radius 2 is 1.78 bits per heavy atom. The number of rotatable bonds is 5. The Hall–Kier alpha value is -3.51. The van der Waals surface area contributed by atoms with E-state index in [9.17, 15) is 9.59 Å². The van der Waals surface area contributed by atoms with E-state index in [2.05, 4.69) is 4.98 Å². The van der Waals surface area contributed by atoms with Crippen LogP contribution in [0.5, 0.6) is 0 Å². The monoisotopic (exact) mass is 442 g/mol. The number of benzene rings is 3. The summed E-state index contributed by atoms with van der Waals surface area (Å²) < 4.78 is 6.81. The third kappa shape index (κ3) is 3.67. The van der Waals surface area contributed by atoms with Gasteiger partial charge in [-0.1, -0.05) is 55.5 Å². The van der Waals surface area contributed by atoms with E-state index in [1.165, 1.54) is 11.3 Å². The molecule has 6 heteroatoms. The first-order valence-electron chi connectivity index (χ1n) is 10.7. The normalized spacial score (nSPS) is 13.7. The van der Waals surface area contributed by atoms with Gasteiger partial charge in [0, 0.05) is 17.8 Å². The summed E-state index contributed by atoms with van der Waals surface area (Å²) in [5.74, 6) is -0.684. The average molecular weight is 443 g/mol. The highest BCUT2D eigenvalue weighted by Crippen LogP contribution is 2.33. The van der Waals surface area contributed by atoms with Crippen molar-refractivity contribution >= 4 is 39.1 Å². The van der Waals surface area contributed by atoms with Crippen molar-refractivity contribution in [3.05, 3.63) is 83.9 Å². The average Bonchev–Trinajstić information content (AvgIpc) is 3.46. The second kappa shape index (κ2) is 8.55. The number of nitrogens with zero attached hydrogens (tertiary/aromatic N) is 2. The summed E-state index contributed by atoms with van der Waals surface area (Å²) in [4.78, 5) is 32.8. The van der Waals surface area contributed by atoms with Crippen LogP contribution in [0.25, 0.3) is 20.8 Å². The molecule has 1 aliphatic heterocycles. The van der Waals surface area contributed by atoms with Crippen molar-refractivity contribution in [1.29, 1.82) is 0 Å². The first-order chi connectivity index (χ1) is 15.7. The van der Waals surface area contributed by atoms with E-state index in [4.69, 9.17) is 4.74 Å². The number of hydrogen-bond acceptors (Lipinski definition) is 5. The molecule has 1 aliphatic rings. The highest BCUT2D eigenvalue weighted by Gasteiger charge is 2.32. The molecule has 0 radical (unpaired) electrons. The molecule has 0 saturated heterocycles. The van der Waals surface area contributed by atoms with Crippen molar-refractivity contribution in [1.82, 2.24) is 4.98 Å². The molecule has 2 heterocycles. The second-order valence-electron chi connectivity index (χ2n) is 7.70. The molecule has 3 aromatic carbocycles. The number of esters is 1. The molecule has 1 amide bonds. The smallest absolute Gasteiger partial charge is 0.339 e. The largest absolute Gasteiger partial charge is 0.449 e. The minimum absolute atomic E-state index is 0.178. The molecule has 0 aliphatic carbocycles. The number of aromatic nitrogens is 1. The van der Waals surface area contributed by atoms with Crippen LogP contribution < -0.4 is 4.90 Å². The molecule has 0 saturated carbocycles. The van der Waals surface area contributed by atoms with Crippen LogP contribution in [0.15, 0.2) is 72.8 Å². The molecule has 1 aromatic heterocycles. The fourth-order valence-electron chi connectivity index (χ4n) is 4.08. The Morgan fingerprint density at radius 1 is 1.03 bits per heavy atom. The molecule has 160 valence electrons. The molecule has 0 N–H and O–H groups in total. The number of ether oxygens (including phenoxy) is 1. The van der Waals surface area contributed by atoms with Crippen molar-refractivity contribution in [3.8, 4) is 10.6 Å². The second-order valence-corrected chi connectivity index (χ2v) is 8.73. The number of fused-ring (bicyclic) bond motifs is 2. The van der Waals surface area contributed by atoms with Crippen LogP contribution in [0.3, 0.4) is 0 Å². The summed E-state index contributed by atoms with van der Waals surface area (Å²) in [6.07, 6.45) is 0.385. The molecule has 32 heavy (non-hydrogen) atoms. The van der Waals surface area contributed by atoms with E-state index in [0.29, 0.717) is 24.1 Å². The number of anilines is 1. The van der Waals surface area contributed by atoms with Crippen molar-refractivity contribution < 1.29 is 14.3 Å². The van der Waals surface area contributed by atoms with Crippen molar-refractivity contribution in [2.24, 2.45) is 0 Å². The van der Waals surface area contributed by atoms with Crippen LogP contribution >= 0.6 is 11.3 Å². The summed E-state index contributed by atoms with van der Waals surface area (Å²) >= 11 is 1.53. The standard InChI is InChI=1S/C26H22N2O3S/c1-2-22(25(29)28-16-15-17-9-3-7-13-21(17)28)31-26(30)19-11-5-4-10-18(19)24-27-20-12-6-8-14-23(20)32-24/h3-14,22H,2,15-16H2,1H3. The van der Waals surface area contributed by atoms with Gasteiger partial charge in [-0.15, -0.1) is 11.3 Å². The predicted octanol–water partition coefficient (Wildman–Crippen LogP) is 5.49. The van der Waals surface area contributed by atoms with Gasteiger partial charge in [0.25, 0.3) is 5.91 Å². The van der Waals surface area contributed by atoms with E-state index >= 15 is 0 Å². The fraction of sp³-hybridized carbons (Fsp3) is 0.192. The molecule has 5 rings (SSSR count). The van der Waals surface area contributed by atoms with Gasteiger partial charge < -0.3 is 9.64 Å². The summed E-state index contributed by atoms with van der Waals surface area (Å²) in [6, 6.07) is 23.0. The van der Waals surface area contributed by atoms with Crippen LogP contribution in [0, 0.1) is 0 Å². The summed E-state index contributed by atoms with van der Waals surface area (Å²) in [7, 11) is 0. The summed E-state index contributed by atoms with van der Waals surface area (Å²) in [6.45, 7) is 2.46. The van der Waals surface area contributed by atoms with Crippen LogP contribution in [0.2, 0.25) is 0 Å². The number of carbonyl (C=O) groups is 2. The number of para-hydroxylation sites is 2. The molecule has 0 bridgehead atoms. The molecule has 5 nitrogen and oxygen atoms in total. The van der Waals surface area contributed by atoms with Gasteiger partial charge >= 0.3 is 5.97 Å². The van der Waals surface area contributed by atoms with Crippen molar-refractivity contribution in [2.75, 3.05) is 11.4 Å². The van der Waals surface area contributed by atoms with Crippen LogP contribution in [0.4, 0.5) is 5.69 Å². The van der Waals surface area contributed by atoms with Gasteiger partial charge in [0.15, 0.2) is 6.10 Å². The van der Waals surface area contributed by atoms with Gasteiger partial charge in [-0.05, 0) is 42.7 Å². The zero-order chi connectivity index (χ0) is 22.1. The third-order valence-electron chi connectivity index (χ3n) is 5.72. The highest BCUT2D eigenvalue weighted by atomic mass is 32.1. The Balaban J connectivity index is 1.40. The Kier molecular flexibility index (Phi) is 5.45. The van der Waals surface area contributed by atoms with Gasteiger partial charge in [-0.25, -0.2) is 9.78 Å². The molecule has 4 aromatic rings. The molecular weight excluding hydrogens is 420 g/mol. The Labute approximate surface area is 190 Å². The van der Waals surface area contributed by atoms with E-state index in [1.807, 2.05) is 67.6 Å². The topological polar surface area (TPSA) is 59.5 Å². The van der Waals surface area contributed by atoms with Gasteiger partial charge in [0.05, 0.1) is 15.8 Å². The lowest BCUT2D eigenvalue weighted by Crippen LogP contribution is -2.40. The number of thiazole rings is 1. The van der Waals surface area contributed by atoms with Crippen LogP contribution in [0.1, 0.15) is 29.3 Å². The fourth-order valence-corrected chi connectivity index (χ4v) is 5.08. The third-order valence-corrected chi connectivity index (χ3v) is 6.79. The Morgan fingerprint density at radius 3 is 2.62 bits per heavy atom. The van der Waals surface area contributed by atoms with Crippen LogP contribution in [-0.4, -0.2) is 29.5 Å². The molecule has 1 unspecified atom stereocenters. The number of amides is 1. The van der Waals surface area contributed by atoms with E-state index in [1.54, 1.807) is 17.0 Å². The summed E-state index contributed by atoms with van der Waals surface area (Å²) in [5, 5.41) is 0.756. The van der Waals surface area contributed by atoms with Gasteiger partial charge in [0.2, 0.25) is 0 Å². The van der Waals surface area contributed by atoms with Crippen molar-refractivity contribution in [2.45, 2.75) is 25.9 Å². The lowest BCUT2D eigenvalue weighted by atomic mass is 10.1. The predicted molar refractivity (Wildman–Crippen MR) is 127 cm³/mol. The molecular formula is C26H22N2O3S. The number of carbonyl (C=O) groups excluding carboxylic acids is 2. The SMILES string of the molecule is CCC(OC(=O)c1ccccc1-c1nc2ccccc2s1)C(=O)N1CCc2ccccc21. The minimum atomic E-state index is -0.836. The molecule has 0 fully saturated rings. The zero-order valence-electron chi connectivity index (χ0n) is 17.7. The lowest BCUT2D eigenvalue weighted by molar-refractivity contribution is -0.127. The molecule has 1 atom stereocenters. The number of hydrogen-bond donors (Lipinski definition) is 0. The lowest BCUT2D eigenvalue weighted by Gasteiger charge is -2.23. The van der Waals surface area contributed by atoms with Gasteiger partial charge in [0.1, 0.15) is 5.01 Å². The van der Waals surface area contributed by atoms with Gasteiger partial charge in [-0.3, -0.25) is 4.79 Å². The molecule has 0 spiro atoms. The maximum Gasteiger partial charge on any atom is 0.339 e. The maximum atomic E-state index is 13.2. The Bertz CT molecular complexity index is 1280. The maximum absolute atomic E-state index is 13.2. The van der Waals surface area contributed by atoms with E-state index < -0.39 is 12.1 Å². The van der Waals surface area contributed by atoms with Crippen molar-refractivity contribution in [3.63, 3.8) is 0 Å². The van der Waals surface area contributed by atoms with Gasteiger partial charge in [-0.2, -0.15) is 0 Å². The van der Waals surface area contributed by atoms with E-state index in [-0.39, 0.29) is 5.91 Å².